The van der Waals surface area contributed by atoms with Gasteiger partial charge < -0.3 is 53.1 Å². The second-order valence-corrected chi connectivity index (χ2v) is 18.6. The Morgan fingerprint density at radius 3 is 2.53 bits per heavy atom. The first-order valence-corrected chi connectivity index (χ1v) is 23.1. The number of nitrogens with one attached hydrogen (secondary N) is 2. The molecule has 19 heteroatoms. The molecule has 19 nitrogen and oxygen atoms in total. The lowest BCUT2D eigenvalue weighted by Crippen LogP contribution is -2.62. The number of hydrogen-bond acceptors (Lipinski definition) is 16. The fraction of sp³-hybridized carbons (Fsp3) is 0.702. The number of aliphatic hydroxyl groups excluding tert-OH is 1. The lowest BCUT2D eigenvalue weighted by Gasteiger charge is -2.48. The van der Waals surface area contributed by atoms with E-state index in [0.717, 1.165) is 11.3 Å². The van der Waals surface area contributed by atoms with Crippen LogP contribution in [-0.2, 0) is 44.6 Å². The highest BCUT2D eigenvalue weighted by Gasteiger charge is 2.61. The van der Waals surface area contributed by atoms with E-state index in [4.69, 9.17) is 33.3 Å². The van der Waals surface area contributed by atoms with E-state index < -0.39 is 89.8 Å². The maximum absolute atomic E-state index is 14.7. The summed E-state index contributed by atoms with van der Waals surface area (Å²) in [6.07, 6.45) is 3.39. The average molecular weight is 927 g/mol. The van der Waals surface area contributed by atoms with E-state index in [1.165, 1.54) is 18.2 Å². The number of aliphatic hydroxyl groups is 1. The van der Waals surface area contributed by atoms with E-state index >= 15 is 0 Å². The summed E-state index contributed by atoms with van der Waals surface area (Å²) in [6, 6.07) is 2.73. The van der Waals surface area contributed by atoms with E-state index in [-0.39, 0.29) is 31.5 Å². The van der Waals surface area contributed by atoms with Crippen LogP contribution in [0.1, 0.15) is 81.1 Å². The number of aryl methyl sites for hydroxylation is 1. The number of pyridine rings is 1. The third kappa shape index (κ3) is 11.7. The van der Waals surface area contributed by atoms with Crippen molar-refractivity contribution < 1.29 is 52.7 Å². The molecule has 5 rings (SSSR count). The van der Waals surface area contributed by atoms with E-state index in [1.807, 2.05) is 83.4 Å². The van der Waals surface area contributed by atoms with Gasteiger partial charge in [-0.1, -0.05) is 38.9 Å². The quantitative estimate of drug-likeness (QED) is 0.0691. The van der Waals surface area contributed by atoms with E-state index in [1.54, 1.807) is 39.7 Å². The molecule has 0 aromatic carbocycles. The molecule has 0 aliphatic carbocycles. The molecule has 0 bridgehead atoms. The summed E-state index contributed by atoms with van der Waals surface area (Å²) >= 11 is 0. The number of oxime groups is 1. The Hall–Kier alpha value is -4.66. The van der Waals surface area contributed by atoms with Crippen molar-refractivity contribution in [1.29, 1.82) is 0 Å². The molecule has 0 radical (unpaired) electrons. The summed E-state index contributed by atoms with van der Waals surface area (Å²) in [5.41, 5.74) is 2.99. The van der Waals surface area contributed by atoms with Crippen LogP contribution in [0, 0.1) is 23.7 Å². The standard InChI is InChI=1S/C47H74N8O11/c1-14-19-49-44(58)64-39-31(6)41(65-43-38(56)35(53(10)11)23-29(4)62-43)46(8,60-12)24-28(3)37(52-61-13)30(5)40-47(9,36(15-2)63-42(57)32(39)7)66-45(59)55(40)51-21-17-22-54-26-34(50-27-54)33-18-16-20-48-25-33/h14,16,18,20,25-32,35-36,38-41,43,51,56H,1,15,17,19,21-24H2,2-13H3,(H,49,58)/b52-37+/t28-,29-,30+,31+,32-,35+,36-,38-,39+,40?,41-,43+,46+,47-/m1/s1. The van der Waals surface area contributed by atoms with E-state index in [9.17, 15) is 19.5 Å². The normalized spacial score (nSPS) is 35.1. The number of alkyl carbamates (subject to hydrolysis) is 1. The van der Waals surface area contributed by atoms with Gasteiger partial charge in [-0.05, 0) is 79.6 Å². The number of rotatable bonds is 15. The number of hydrazine groups is 1. The Balaban J connectivity index is 1.55. The Kier molecular flexibility index (Phi) is 18.1. The predicted molar refractivity (Wildman–Crippen MR) is 246 cm³/mol. The van der Waals surface area contributed by atoms with Crippen LogP contribution in [0.4, 0.5) is 9.59 Å². The van der Waals surface area contributed by atoms with Gasteiger partial charge in [-0.25, -0.2) is 25.0 Å². The van der Waals surface area contributed by atoms with Crippen molar-refractivity contribution in [3.05, 3.63) is 49.7 Å². The van der Waals surface area contributed by atoms with Crippen molar-refractivity contribution in [2.75, 3.05) is 41.4 Å². The lowest BCUT2D eigenvalue weighted by molar-refractivity contribution is -0.301. The Bertz CT molecular complexity index is 1950. The third-order valence-corrected chi connectivity index (χ3v) is 13.6. The fourth-order valence-electron chi connectivity index (χ4n) is 10.1. The number of aromatic nitrogens is 3. The van der Waals surface area contributed by atoms with Gasteiger partial charge in [0.05, 0.1) is 41.5 Å². The zero-order valence-corrected chi connectivity index (χ0v) is 40.8. The SMILES string of the molecule is C=CCNC(=O)O[C@H]1[C@H](C)[C@@H](O[C@@H]2O[C@H](C)C[C@H](N(C)C)[C@H]2O)[C@@](C)(OC)C[C@@H](C)/C(=N\OC)[C@H](C)C2N(NCCCn3cnc(-c4cccnc4)c3)C(=O)O[C@]2(C)[C@@H](CC)OC(=O)[C@@H]1C. The minimum absolute atomic E-state index is 0.113. The molecule has 14 atom stereocenters. The van der Waals surface area contributed by atoms with Crippen LogP contribution in [0.3, 0.4) is 0 Å². The highest BCUT2D eigenvalue weighted by Crippen LogP contribution is 2.43. The summed E-state index contributed by atoms with van der Waals surface area (Å²) in [5, 5.41) is 20.5. The van der Waals surface area contributed by atoms with Crippen LogP contribution in [0.25, 0.3) is 11.3 Å². The monoisotopic (exact) mass is 927 g/mol. The second-order valence-electron chi connectivity index (χ2n) is 18.6. The summed E-state index contributed by atoms with van der Waals surface area (Å²) in [6.45, 7) is 19.6. The second kappa shape index (κ2) is 22.9. The smallest absolute Gasteiger partial charge is 0.425 e. The van der Waals surface area contributed by atoms with Crippen LogP contribution in [0.15, 0.2) is 54.9 Å². The number of methoxy groups -OCH3 is 1. The van der Waals surface area contributed by atoms with Gasteiger partial charge in [-0.2, -0.15) is 0 Å². The maximum atomic E-state index is 14.7. The highest BCUT2D eigenvalue weighted by molar-refractivity contribution is 5.90. The van der Waals surface area contributed by atoms with Gasteiger partial charge in [0, 0.05) is 74.7 Å². The molecule has 66 heavy (non-hydrogen) atoms. The topological polar surface area (TPSA) is 210 Å². The first-order chi connectivity index (χ1) is 31.3. The summed E-state index contributed by atoms with van der Waals surface area (Å²) in [7, 11) is 6.80. The molecular formula is C47H74N8O11. The number of imidazole rings is 1. The van der Waals surface area contributed by atoms with Gasteiger partial charge >= 0.3 is 18.2 Å². The van der Waals surface area contributed by atoms with Crippen LogP contribution < -0.4 is 10.7 Å². The van der Waals surface area contributed by atoms with Gasteiger partial charge in [-0.15, -0.1) is 6.58 Å². The molecule has 3 saturated heterocycles. The number of amides is 2. The van der Waals surface area contributed by atoms with Crippen molar-refractivity contribution in [1.82, 2.24) is 35.2 Å². The Morgan fingerprint density at radius 2 is 1.89 bits per heavy atom. The molecule has 2 amide bonds. The number of esters is 1. The van der Waals surface area contributed by atoms with Crippen LogP contribution in [0.5, 0.6) is 0 Å². The molecule has 368 valence electrons. The number of likely N-dealkylation sites (N-methyl/N-ethyl adjacent to an activating group) is 1. The number of carbonyl (C=O) groups is 3. The number of cyclic esters (lactones) is 1. The van der Waals surface area contributed by atoms with Gasteiger partial charge in [0.2, 0.25) is 0 Å². The van der Waals surface area contributed by atoms with Crippen molar-refractivity contribution in [3.8, 4) is 11.3 Å². The van der Waals surface area contributed by atoms with Crippen LogP contribution in [0.2, 0.25) is 0 Å². The summed E-state index contributed by atoms with van der Waals surface area (Å²) in [5.74, 6) is -3.53. The van der Waals surface area contributed by atoms with E-state index in [0.29, 0.717) is 31.6 Å². The molecule has 3 aliphatic heterocycles. The summed E-state index contributed by atoms with van der Waals surface area (Å²) < 4.78 is 40.5. The molecule has 3 aliphatic rings. The van der Waals surface area contributed by atoms with Crippen molar-refractivity contribution in [2.24, 2.45) is 28.8 Å². The number of nitrogens with zero attached hydrogens (tertiary/aromatic N) is 6. The zero-order chi connectivity index (χ0) is 48.5. The molecule has 2 aromatic rings. The van der Waals surface area contributed by atoms with E-state index in [2.05, 4.69) is 32.4 Å². The van der Waals surface area contributed by atoms with Crippen LogP contribution >= 0.6 is 0 Å². The molecular weight excluding hydrogens is 853 g/mol. The molecule has 0 spiro atoms. The highest BCUT2D eigenvalue weighted by atomic mass is 16.7. The largest absolute Gasteiger partial charge is 0.458 e. The van der Waals surface area contributed by atoms with Crippen molar-refractivity contribution in [2.45, 2.75) is 148 Å². The average Bonchev–Trinajstić information content (AvgIpc) is 3.87. The molecule has 0 saturated carbocycles. The fourth-order valence-corrected chi connectivity index (χ4v) is 10.1. The minimum atomic E-state index is -1.41. The maximum Gasteiger partial charge on any atom is 0.425 e. The van der Waals surface area contributed by atoms with Gasteiger partial charge in [0.15, 0.2) is 11.9 Å². The number of ether oxygens (including phenoxy) is 6. The first-order valence-electron chi connectivity index (χ1n) is 23.1. The first kappa shape index (κ1) is 52.3. The van der Waals surface area contributed by atoms with Crippen molar-refractivity contribution >= 4 is 23.9 Å². The molecule has 3 N–H and O–H groups in total. The number of carbonyl (C=O) groups excluding carboxylic acids is 3. The zero-order valence-electron chi connectivity index (χ0n) is 40.8. The van der Waals surface area contributed by atoms with Gasteiger partial charge in [0.1, 0.15) is 31.5 Å². The molecule has 3 fully saturated rings. The van der Waals surface area contributed by atoms with Gasteiger partial charge in [-0.3, -0.25) is 9.78 Å². The predicted octanol–water partition coefficient (Wildman–Crippen LogP) is 5.19. The molecule has 2 aromatic heterocycles. The summed E-state index contributed by atoms with van der Waals surface area (Å²) in [4.78, 5) is 58.5. The van der Waals surface area contributed by atoms with Crippen molar-refractivity contribution in [3.63, 3.8) is 0 Å². The molecule has 5 heterocycles. The third-order valence-electron chi connectivity index (χ3n) is 13.6. The lowest BCUT2D eigenvalue weighted by atomic mass is 9.73. The Labute approximate surface area is 389 Å². The minimum Gasteiger partial charge on any atom is -0.458 e. The van der Waals surface area contributed by atoms with Crippen LogP contribution in [-0.4, -0.2) is 155 Å². The number of hydrogen-bond donors (Lipinski definition) is 3. The van der Waals surface area contributed by atoms with Gasteiger partial charge in [0.25, 0.3) is 0 Å². The number of fused-ring (bicyclic) bond motifs is 1. The molecule has 1 unspecified atom stereocenters. The Morgan fingerprint density at radius 1 is 1.15 bits per heavy atom.